The van der Waals surface area contributed by atoms with Gasteiger partial charge in [0.1, 0.15) is 0 Å². The molecule has 0 fully saturated rings. The van der Waals surface area contributed by atoms with Crippen molar-refractivity contribution < 1.29 is 0 Å². The molecular formula is C16H14N2O. The minimum atomic E-state index is -0.109. The van der Waals surface area contributed by atoms with Crippen LogP contribution in [0.5, 0.6) is 0 Å². The smallest absolute Gasteiger partial charge is 0.305 e. The average molecular weight is 250 g/mol. The van der Waals surface area contributed by atoms with Crippen LogP contribution in [0, 0.1) is 6.92 Å². The van der Waals surface area contributed by atoms with Gasteiger partial charge in [-0.15, -0.1) is 0 Å². The van der Waals surface area contributed by atoms with Crippen molar-refractivity contribution in [3.05, 3.63) is 76.8 Å². The molecule has 0 unspecified atom stereocenters. The maximum atomic E-state index is 12.1. The van der Waals surface area contributed by atoms with E-state index in [2.05, 4.69) is 4.98 Å². The Labute approximate surface area is 111 Å². The second-order valence-electron chi connectivity index (χ2n) is 4.43. The molecule has 19 heavy (non-hydrogen) atoms. The van der Waals surface area contributed by atoms with E-state index in [0.717, 1.165) is 22.6 Å². The van der Waals surface area contributed by atoms with E-state index in [1.165, 1.54) is 0 Å². The van der Waals surface area contributed by atoms with Gasteiger partial charge in [-0.3, -0.25) is 4.57 Å². The van der Waals surface area contributed by atoms with Crippen molar-refractivity contribution in [3.63, 3.8) is 0 Å². The molecule has 3 rings (SSSR count). The lowest BCUT2D eigenvalue weighted by Gasteiger charge is -2.05. The Balaban J connectivity index is 2.20. The molecule has 0 amide bonds. The number of aromatic amines is 1. The summed E-state index contributed by atoms with van der Waals surface area (Å²) in [6, 6.07) is 19.5. The maximum absolute atomic E-state index is 12.1. The fourth-order valence-corrected chi connectivity index (χ4v) is 2.29. The summed E-state index contributed by atoms with van der Waals surface area (Å²) in [7, 11) is 0. The molecule has 0 aliphatic heterocycles. The number of hydrogen-bond donors (Lipinski definition) is 1. The van der Waals surface area contributed by atoms with Crippen molar-refractivity contribution in [2.24, 2.45) is 0 Å². The van der Waals surface area contributed by atoms with Crippen LogP contribution >= 0.6 is 0 Å². The summed E-state index contributed by atoms with van der Waals surface area (Å²) in [6.45, 7) is 1.95. The summed E-state index contributed by atoms with van der Waals surface area (Å²) in [5.74, 6) is 0. The minimum absolute atomic E-state index is 0.109. The van der Waals surface area contributed by atoms with Gasteiger partial charge in [-0.2, -0.15) is 0 Å². The maximum Gasteiger partial charge on any atom is 0.330 e. The van der Waals surface area contributed by atoms with E-state index in [9.17, 15) is 4.79 Å². The number of nitrogens with one attached hydrogen (secondary N) is 1. The zero-order valence-corrected chi connectivity index (χ0v) is 10.6. The van der Waals surface area contributed by atoms with Gasteiger partial charge in [0.15, 0.2) is 0 Å². The van der Waals surface area contributed by atoms with Crippen molar-refractivity contribution in [2.45, 2.75) is 6.92 Å². The van der Waals surface area contributed by atoms with Gasteiger partial charge in [0.25, 0.3) is 0 Å². The third kappa shape index (κ3) is 1.99. The largest absolute Gasteiger partial charge is 0.330 e. The number of nitrogens with zero attached hydrogens (tertiary/aromatic N) is 1. The van der Waals surface area contributed by atoms with E-state index in [4.69, 9.17) is 0 Å². The first-order valence-electron chi connectivity index (χ1n) is 6.20. The van der Waals surface area contributed by atoms with Crippen LogP contribution in [-0.2, 0) is 0 Å². The van der Waals surface area contributed by atoms with Gasteiger partial charge in [0.05, 0.1) is 11.4 Å². The Bertz CT molecular complexity index is 739. The number of rotatable bonds is 2. The molecule has 3 heteroatoms. The first-order chi connectivity index (χ1) is 9.27. The Morgan fingerprint density at radius 3 is 2.11 bits per heavy atom. The molecule has 3 aromatic rings. The van der Waals surface area contributed by atoms with Gasteiger partial charge < -0.3 is 4.98 Å². The fraction of sp³-hybridized carbons (Fsp3) is 0.0625. The summed E-state index contributed by atoms with van der Waals surface area (Å²) in [5, 5.41) is 0. The van der Waals surface area contributed by atoms with Crippen molar-refractivity contribution in [1.29, 1.82) is 0 Å². The number of H-pyrrole nitrogens is 1. The van der Waals surface area contributed by atoms with E-state index < -0.39 is 0 Å². The highest BCUT2D eigenvalue weighted by atomic mass is 16.1. The number of para-hydroxylation sites is 1. The lowest BCUT2D eigenvalue weighted by molar-refractivity contribution is 0.949. The van der Waals surface area contributed by atoms with Gasteiger partial charge in [-0.1, -0.05) is 48.5 Å². The number of aromatic nitrogens is 2. The Morgan fingerprint density at radius 2 is 1.47 bits per heavy atom. The lowest BCUT2D eigenvalue weighted by atomic mass is 10.1. The molecular weight excluding hydrogens is 236 g/mol. The van der Waals surface area contributed by atoms with Crippen LogP contribution < -0.4 is 5.69 Å². The fourth-order valence-electron chi connectivity index (χ4n) is 2.29. The van der Waals surface area contributed by atoms with E-state index in [-0.39, 0.29) is 5.69 Å². The van der Waals surface area contributed by atoms with E-state index in [1.54, 1.807) is 4.57 Å². The third-order valence-electron chi connectivity index (χ3n) is 3.21. The quantitative estimate of drug-likeness (QED) is 0.745. The topological polar surface area (TPSA) is 37.8 Å². The summed E-state index contributed by atoms with van der Waals surface area (Å²) in [4.78, 5) is 15.1. The Kier molecular flexibility index (Phi) is 2.80. The summed E-state index contributed by atoms with van der Waals surface area (Å²) < 4.78 is 1.70. The molecule has 94 valence electrons. The van der Waals surface area contributed by atoms with Gasteiger partial charge in [0, 0.05) is 5.69 Å². The van der Waals surface area contributed by atoms with E-state index in [1.807, 2.05) is 67.6 Å². The predicted molar refractivity (Wildman–Crippen MR) is 76.6 cm³/mol. The van der Waals surface area contributed by atoms with Crippen molar-refractivity contribution in [1.82, 2.24) is 9.55 Å². The minimum Gasteiger partial charge on any atom is -0.305 e. The monoisotopic (exact) mass is 250 g/mol. The van der Waals surface area contributed by atoms with Gasteiger partial charge in [-0.25, -0.2) is 4.79 Å². The van der Waals surface area contributed by atoms with Crippen LogP contribution in [0.4, 0.5) is 0 Å². The van der Waals surface area contributed by atoms with Gasteiger partial charge in [0.2, 0.25) is 0 Å². The third-order valence-corrected chi connectivity index (χ3v) is 3.21. The highest BCUT2D eigenvalue weighted by molar-refractivity contribution is 5.62. The molecule has 1 heterocycles. The van der Waals surface area contributed by atoms with E-state index >= 15 is 0 Å². The molecule has 0 bridgehead atoms. The zero-order valence-electron chi connectivity index (χ0n) is 10.6. The van der Waals surface area contributed by atoms with Crippen molar-refractivity contribution in [2.75, 3.05) is 0 Å². The Morgan fingerprint density at radius 1 is 0.895 bits per heavy atom. The summed E-state index contributed by atoms with van der Waals surface area (Å²) >= 11 is 0. The molecule has 2 aromatic carbocycles. The zero-order chi connectivity index (χ0) is 13.2. The molecule has 0 saturated heterocycles. The molecule has 0 radical (unpaired) electrons. The van der Waals surface area contributed by atoms with Crippen LogP contribution in [-0.4, -0.2) is 9.55 Å². The molecule has 1 aromatic heterocycles. The molecule has 0 atom stereocenters. The Hall–Kier alpha value is -2.55. The highest BCUT2D eigenvalue weighted by Gasteiger charge is 2.12. The summed E-state index contributed by atoms with van der Waals surface area (Å²) in [5.41, 5.74) is 3.58. The second kappa shape index (κ2) is 4.61. The van der Waals surface area contributed by atoms with Crippen molar-refractivity contribution in [3.8, 4) is 16.9 Å². The van der Waals surface area contributed by atoms with Crippen LogP contribution in [0.2, 0.25) is 0 Å². The van der Waals surface area contributed by atoms with Crippen molar-refractivity contribution >= 4 is 0 Å². The van der Waals surface area contributed by atoms with Crippen LogP contribution in [0.1, 0.15) is 5.69 Å². The lowest BCUT2D eigenvalue weighted by Crippen LogP contribution is -2.15. The highest BCUT2D eigenvalue weighted by Crippen LogP contribution is 2.21. The molecule has 0 spiro atoms. The molecule has 3 nitrogen and oxygen atoms in total. The molecule has 1 N–H and O–H groups in total. The first-order valence-corrected chi connectivity index (χ1v) is 6.20. The predicted octanol–water partition coefficient (Wildman–Crippen LogP) is 3.14. The van der Waals surface area contributed by atoms with Gasteiger partial charge >= 0.3 is 5.69 Å². The van der Waals surface area contributed by atoms with Crippen LogP contribution in [0.25, 0.3) is 16.9 Å². The SMILES string of the molecule is Cc1c(-c2ccccc2)[nH]c(=O)n1-c1ccccc1. The van der Waals surface area contributed by atoms with Crippen LogP contribution in [0.15, 0.2) is 65.5 Å². The molecule has 0 aliphatic rings. The molecule has 0 saturated carbocycles. The average Bonchev–Trinajstić information content (AvgIpc) is 2.76. The van der Waals surface area contributed by atoms with Crippen LogP contribution in [0.3, 0.4) is 0 Å². The second-order valence-corrected chi connectivity index (χ2v) is 4.43. The van der Waals surface area contributed by atoms with E-state index in [0.29, 0.717) is 0 Å². The summed E-state index contributed by atoms with van der Waals surface area (Å²) in [6.07, 6.45) is 0. The molecule has 0 aliphatic carbocycles. The standard InChI is InChI=1S/C16H14N2O/c1-12-15(13-8-4-2-5-9-13)17-16(19)18(12)14-10-6-3-7-11-14/h2-11H,1H3,(H,17,19). The first kappa shape index (κ1) is 11.5. The number of hydrogen-bond acceptors (Lipinski definition) is 1. The van der Waals surface area contributed by atoms with Gasteiger partial charge in [-0.05, 0) is 24.6 Å². The number of benzene rings is 2. The normalized spacial score (nSPS) is 10.6. The number of imidazole rings is 1.